The van der Waals surface area contributed by atoms with Gasteiger partial charge in [-0.2, -0.15) is 5.10 Å². The number of pyridine rings is 1. The molecule has 7 nitrogen and oxygen atoms in total. The normalized spacial score (nSPS) is 16.1. The van der Waals surface area contributed by atoms with Crippen LogP contribution in [0.1, 0.15) is 28.8 Å². The minimum absolute atomic E-state index is 0.0565. The highest BCUT2D eigenvalue weighted by Gasteiger charge is 2.24. The number of rotatable bonds is 5. The smallest absolute Gasteiger partial charge is 0.258 e. The molecule has 1 aliphatic heterocycles. The number of aliphatic imine (C=N–C) groups is 1. The minimum Gasteiger partial charge on any atom is -0.323 e. The lowest BCUT2D eigenvalue weighted by Gasteiger charge is -2.27. The van der Waals surface area contributed by atoms with E-state index in [-0.39, 0.29) is 23.0 Å². The minimum atomic E-state index is -0.412. The predicted octanol–water partition coefficient (Wildman–Crippen LogP) is 3.26. The molecule has 1 aliphatic rings. The van der Waals surface area contributed by atoms with Crippen molar-refractivity contribution in [2.75, 3.05) is 20.1 Å². The van der Waals surface area contributed by atoms with Gasteiger partial charge < -0.3 is 15.7 Å². The average Bonchev–Trinajstić information content (AvgIpc) is 2.80. The van der Waals surface area contributed by atoms with Gasteiger partial charge in [-0.1, -0.05) is 0 Å². The highest BCUT2D eigenvalue weighted by atomic mass is 19.1. The van der Waals surface area contributed by atoms with Crippen LogP contribution in [-0.2, 0) is 0 Å². The molecular weight excluding hydrogens is 409 g/mol. The third-order valence-corrected chi connectivity index (χ3v) is 5.80. The number of likely N-dealkylation sites (tertiary alicyclic amines) is 1. The number of H-pyrrole nitrogens is 1. The lowest BCUT2D eigenvalue weighted by atomic mass is 9.89. The molecule has 2 aromatic carbocycles. The molecule has 0 atom stereocenters. The molecular formula is C24H24FN5O2. The van der Waals surface area contributed by atoms with Crippen LogP contribution in [0.25, 0.3) is 10.9 Å². The number of fused-ring (bicyclic) bond motifs is 1. The number of aromatic nitrogens is 1. The number of ketones is 1. The fourth-order valence-corrected chi connectivity index (χ4v) is 3.89. The maximum absolute atomic E-state index is 13.5. The zero-order chi connectivity index (χ0) is 22.7. The van der Waals surface area contributed by atoms with Gasteiger partial charge >= 0.3 is 0 Å². The molecule has 1 fully saturated rings. The third kappa shape index (κ3) is 4.65. The number of hydrogen-bond donors (Lipinski definition) is 2. The van der Waals surface area contributed by atoms with Crippen LogP contribution in [-0.4, -0.2) is 47.7 Å². The second kappa shape index (κ2) is 9.23. The van der Waals surface area contributed by atoms with Gasteiger partial charge in [-0.15, -0.1) is 0 Å². The second-order valence-electron chi connectivity index (χ2n) is 8.00. The molecule has 3 aromatic rings. The van der Waals surface area contributed by atoms with Crippen molar-refractivity contribution >= 4 is 34.3 Å². The summed E-state index contributed by atoms with van der Waals surface area (Å²) >= 11 is 0. The summed E-state index contributed by atoms with van der Waals surface area (Å²) in [5.74, 6) is 5.29. The fourth-order valence-electron chi connectivity index (χ4n) is 3.89. The van der Waals surface area contributed by atoms with E-state index in [0.717, 1.165) is 25.9 Å². The zero-order valence-corrected chi connectivity index (χ0v) is 17.7. The van der Waals surface area contributed by atoms with E-state index in [4.69, 9.17) is 5.84 Å². The second-order valence-corrected chi connectivity index (χ2v) is 8.00. The summed E-state index contributed by atoms with van der Waals surface area (Å²) in [6.07, 6.45) is 3.12. The van der Waals surface area contributed by atoms with Gasteiger partial charge in [0.2, 0.25) is 0 Å². The van der Waals surface area contributed by atoms with Gasteiger partial charge in [0.25, 0.3) is 5.56 Å². The van der Waals surface area contributed by atoms with E-state index < -0.39 is 11.4 Å². The first-order valence-electron chi connectivity index (χ1n) is 10.4. The monoisotopic (exact) mass is 433 g/mol. The maximum Gasteiger partial charge on any atom is 0.258 e. The Balaban J connectivity index is 1.52. The molecule has 1 aromatic heterocycles. The number of carbonyl (C=O) groups excluding carboxylic acids is 1. The van der Waals surface area contributed by atoms with Crippen molar-refractivity contribution in [1.82, 2.24) is 9.88 Å². The largest absolute Gasteiger partial charge is 0.323 e. The summed E-state index contributed by atoms with van der Waals surface area (Å²) in [6, 6.07) is 12.6. The summed E-state index contributed by atoms with van der Waals surface area (Å²) in [5, 5.41) is 4.19. The Hall–Kier alpha value is -3.65. The van der Waals surface area contributed by atoms with E-state index in [9.17, 15) is 14.0 Å². The Morgan fingerprint density at radius 1 is 1.16 bits per heavy atom. The van der Waals surface area contributed by atoms with Crippen LogP contribution < -0.4 is 11.4 Å². The number of piperidine rings is 1. The first-order chi connectivity index (χ1) is 15.4. The van der Waals surface area contributed by atoms with Crippen molar-refractivity contribution in [3.05, 3.63) is 75.8 Å². The van der Waals surface area contributed by atoms with E-state index in [1.807, 2.05) is 0 Å². The summed E-state index contributed by atoms with van der Waals surface area (Å²) in [4.78, 5) is 34.4. The summed E-state index contributed by atoms with van der Waals surface area (Å²) in [5.41, 5.74) is 1.71. The maximum atomic E-state index is 13.5. The molecule has 0 aliphatic carbocycles. The van der Waals surface area contributed by atoms with Gasteiger partial charge in [0.05, 0.1) is 17.5 Å². The molecule has 0 unspecified atom stereocenters. The van der Waals surface area contributed by atoms with E-state index in [1.165, 1.54) is 30.5 Å². The number of Topliss-reactive ketones (excluding diaryl/α,β-unsaturated/α-hetero) is 1. The Labute approximate surface area is 184 Å². The Bertz CT molecular complexity index is 1260. The van der Waals surface area contributed by atoms with Crippen molar-refractivity contribution < 1.29 is 9.18 Å². The van der Waals surface area contributed by atoms with Crippen molar-refractivity contribution in [2.24, 2.45) is 21.9 Å². The van der Waals surface area contributed by atoms with Crippen molar-refractivity contribution in [3.8, 4) is 0 Å². The lowest BCUT2D eigenvalue weighted by molar-refractivity contribution is 0.0857. The van der Waals surface area contributed by atoms with Crippen molar-refractivity contribution in [2.45, 2.75) is 12.8 Å². The Morgan fingerprint density at radius 2 is 1.88 bits per heavy atom. The number of halogens is 1. The number of hydrogen-bond acceptors (Lipinski definition) is 6. The molecule has 0 saturated carbocycles. The molecule has 0 radical (unpaired) electrons. The molecule has 3 N–H and O–H groups in total. The predicted molar refractivity (Wildman–Crippen MR) is 124 cm³/mol. The number of nitrogens with zero attached hydrogens (tertiary/aromatic N) is 3. The summed E-state index contributed by atoms with van der Waals surface area (Å²) in [7, 11) is 2.07. The molecule has 8 heteroatoms. The Morgan fingerprint density at radius 3 is 2.56 bits per heavy atom. The molecule has 164 valence electrons. The number of benzene rings is 2. The topological polar surface area (TPSA) is 104 Å². The van der Waals surface area contributed by atoms with Crippen LogP contribution in [0.2, 0.25) is 0 Å². The molecule has 4 rings (SSSR count). The third-order valence-electron chi connectivity index (χ3n) is 5.80. The lowest BCUT2D eigenvalue weighted by Crippen LogP contribution is -2.33. The first kappa shape index (κ1) is 21.6. The van der Waals surface area contributed by atoms with Crippen molar-refractivity contribution in [3.63, 3.8) is 0 Å². The highest BCUT2D eigenvalue weighted by molar-refractivity contribution is 6.38. The van der Waals surface area contributed by atoms with Crippen LogP contribution in [0.3, 0.4) is 0 Å². The van der Waals surface area contributed by atoms with Gasteiger partial charge in [-0.3, -0.25) is 14.6 Å². The fraction of sp³-hybridized carbons (Fsp3) is 0.250. The average molecular weight is 433 g/mol. The molecule has 0 amide bonds. The summed E-state index contributed by atoms with van der Waals surface area (Å²) in [6.45, 7) is 1.86. The number of nitrogens with two attached hydrogens (primary N) is 1. The standard InChI is InChI=1S/C24H24FN5O2/c1-30-10-8-16(9-11-30)23(31)15-2-5-19(6-3-15)27-14-22(29-26)20-13-17-12-18(25)4-7-21(17)28-24(20)32/h2-7,12-14,16H,8-11,26H2,1H3,(H,28,32). The first-order valence-corrected chi connectivity index (χ1v) is 10.4. The van der Waals surface area contributed by atoms with Crippen LogP contribution in [0.15, 0.2) is 63.4 Å². The number of carbonyl (C=O) groups is 1. The van der Waals surface area contributed by atoms with E-state index in [2.05, 4.69) is 27.0 Å². The van der Waals surface area contributed by atoms with E-state index in [0.29, 0.717) is 22.2 Å². The van der Waals surface area contributed by atoms with E-state index >= 15 is 0 Å². The molecule has 1 saturated heterocycles. The zero-order valence-electron chi connectivity index (χ0n) is 17.7. The Kier molecular flexibility index (Phi) is 6.23. The van der Waals surface area contributed by atoms with Crippen LogP contribution in [0, 0.1) is 11.7 Å². The number of nitrogens with one attached hydrogen (secondary N) is 1. The molecule has 32 heavy (non-hydrogen) atoms. The summed E-state index contributed by atoms with van der Waals surface area (Å²) < 4.78 is 13.5. The van der Waals surface area contributed by atoms with Gasteiger partial charge in [-0.25, -0.2) is 4.39 Å². The number of aromatic amines is 1. The van der Waals surface area contributed by atoms with E-state index in [1.54, 1.807) is 24.3 Å². The molecule has 0 spiro atoms. The quantitative estimate of drug-likeness (QED) is 0.279. The van der Waals surface area contributed by atoms with Crippen LogP contribution in [0.4, 0.5) is 10.1 Å². The van der Waals surface area contributed by atoms with Crippen molar-refractivity contribution in [1.29, 1.82) is 0 Å². The number of hydrazone groups is 1. The van der Waals surface area contributed by atoms with Gasteiger partial charge in [-0.05, 0) is 81.5 Å². The van der Waals surface area contributed by atoms with Gasteiger partial charge in [0.15, 0.2) is 5.78 Å². The molecule has 2 heterocycles. The highest BCUT2D eigenvalue weighted by Crippen LogP contribution is 2.22. The van der Waals surface area contributed by atoms with Gasteiger partial charge in [0, 0.05) is 22.4 Å². The SMILES string of the molecule is CN1CCC(C(=O)c2ccc(N=CC(=NN)c3cc4cc(F)ccc4[nH]c3=O)cc2)CC1. The van der Waals surface area contributed by atoms with Gasteiger partial charge in [0.1, 0.15) is 11.5 Å². The van der Waals surface area contributed by atoms with Crippen LogP contribution >= 0.6 is 0 Å². The molecule has 0 bridgehead atoms. The van der Waals surface area contributed by atoms with Crippen LogP contribution in [0.5, 0.6) is 0 Å².